The number of amides is 1. The van der Waals surface area contributed by atoms with E-state index in [1.807, 2.05) is 31.2 Å². The van der Waals surface area contributed by atoms with E-state index in [1.165, 1.54) is 12.8 Å². The fourth-order valence-electron chi connectivity index (χ4n) is 3.06. The number of aryl methyl sites for hydroxylation is 1. The monoisotopic (exact) mass is 387 g/mol. The first-order valence-electron chi connectivity index (χ1n) is 8.31. The van der Waals surface area contributed by atoms with Crippen LogP contribution in [-0.2, 0) is 0 Å². The van der Waals surface area contributed by atoms with E-state index in [4.69, 9.17) is 0 Å². The van der Waals surface area contributed by atoms with Crippen LogP contribution in [-0.4, -0.2) is 24.0 Å². The van der Waals surface area contributed by atoms with Gasteiger partial charge >= 0.3 is 0 Å². The molecule has 0 aliphatic carbocycles. The van der Waals surface area contributed by atoms with Crippen LogP contribution in [0, 0.1) is 12.8 Å². The fourth-order valence-corrected chi connectivity index (χ4v) is 3.30. The van der Waals surface area contributed by atoms with Gasteiger partial charge in [0.15, 0.2) is 0 Å². The lowest BCUT2D eigenvalue weighted by Crippen LogP contribution is -2.34. The Balaban J connectivity index is 1.75. The molecule has 1 fully saturated rings. The molecule has 0 saturated carbocycles. The number of benzene rings is 1. The summed E-state index contributed by atoms with van der Waals surface area (Å²) in [5.74, 6) is 1.45. The van der Waals surface area contributed by atoms with E-state index in [0.29, 0.717) is 11.5 Å². The van der Waals surface area contributed by atoms with Crippen molar-refractivity contribution < 1.29 is 4.79 Å². The van der Waals surface area contributed by atoms with Gasteiger partial charge in [-0.15, -0.1) is 0 Å². The summed E-state index contributed by atoms with van der Waals surface area (Å²) in [5, 5.41) is 2.96. The molecular weight excluding hydrogens is 366 g/mol. The second-order valence-electron chi connectivity index (χ2n) is 6.51. The minimum atomic E-state index is -0.106. The Bertz CT molecular complexity index is 747. The van der Waals surface area contributed by atoms with E-state index in [1.54, 1.807) is 12.3 Å². The normalized spacial score (nSPS) is 17.6. The highest BCUT2D eigenvalue weighted by atomic mass is 79.9. The van der Waals surface area contributed by atoms with E-state index >= 15 is 0 Å². The van der Waals surface area contributed by atoms with E-state index in [9.17, 15) is 4.79 Å². The van der Waals surface area contributed by atoms with Crippen LogP contribution in [0.15, 0.2) is 41.0 Å². The van der Waals surface area contributed by atoms with Crippen molar-refractivity contribution in [3.63, 3.8) is 0 Å². The number of carbonyl (C=O) groups excluding carboxylic acids is 1. The minimum Gasteiger partial charge on any atom is -0.356 e. The van der Waals surface area contributed by atoms with Gasteiger partial charge in [-0.25, -0.2) is 4.98 Å². The Labute approximate surface area is 151 Å². The molecule has 3 rings (SSSR count). The van der Waals surface area contributed by atoms with Crippen LogP contribution in [0.2, 0.25) is 0 Å². The molecule has 2 heterocycles. The molecule has 1 aliphatic heterocycles. The Morgan fingerprint density at radius 3 is 2.92 bits per heavy atom. The van der Waals surface area contributed by atoms with Gasteiger partial charge in [-0.05, 0) is 61.6 Å². The molecule has 1 atom stereocenters. The van der Waals surface area contributed by atoms with E-state index in [-0.39, 0.29) is 5.91 Å². The summed E-state index contributed by atoms with van der Waals surface area (Å²) < 4.78 is 1.03. The maximum Gasteiger partial charge on any atom is 0.255 e. The number of hydrogen-bond acceptors (Lipinski definition) is 3. The number of piperidine rings is 1. The largest absolute Gasteiger partial charge is 0.356 e. The topological polar surface area (TPSA) is 45.2 Å². The van der Waals surface area contributed by atoms with Gasteiger partial charge < -0.3 is 10.2 Å². The summed E-state index contributed by atoms with van der Waals surface area (Å²) in [6.07, 6.45) is 4.16. The van der Waals surface area contributed by atoms with Crippen molar-refractivity contribution in [3.05, 3.63) is 52.1 Å². The predicted octanol–water partition coefficient (Wildman–Crippen LogP) is 4.64. The van der Waals surface area contributed by atoms with Crippen molar-refractivity contribution >= 4 is 33.3 Å². The average molecular weight is 388 g/mol. The van der Waals surface area contributed by atoms with E-state index in [2.05, 4.69) is 38.1 Å². The molecule has 1 aromatic heterocycles. The molecule has 1 saturated heterocycles. The number of anilines is 2. The molecule has 0 radical (unpaired) electrons. The maximum atomic E-state index is 12.5. The molecular formula is C19H22BrN3O. The van der Waals surface area contributed by atoms with Gasteiger partial charge in [-0.3, -0.25) is 4.79 Å². The lowest BCUT2D eigenvalue weighted by Gasteiger charge is -2.31. The van der Waals surface area contributed by atoms with Gasteiger partial charge in [-0.2, -0.15) is 0 Å². The molecule has 0 spiro atoms. The molecule has 0 bridgehead atoms. The Morgan fingerprint density at radius 1 is 1.33 bits per heavy atom. The number of nitrogens with one attached hydrogen (secondary N) is 1. The quantitative estimate of drug-likeness (QED) is 0.833. The summed E-state index contributed by atoms with van der Waals surface area (Å²) in [4.78, 5) is 19.3. The van der Waals surface area contributed by atoms with E-state index in [0.717, 1.165) is 34.6 Å². The molecule has 4 nitrogen and oxygen atoms in total. The number of hydrogen-bond donors (Lipinski definition) is 1. The minimum absolute atomic E-state index is 0.106. The molecule has 126 valence electrons. The van der Waals surface area contributed by atoms with Crippen LogP contribution in [0.1, 0.15) is 35.7 Å². The zero-order valence-electron chi connectivity index (χ0n) is 14.1. The molecule has 24 heavy (non-hydrogen) atoms. The van der Waals surface area contributed by atoms with Gasteiger partial charge in [-0.1, -0.05) is 22.9 Å². The van der Waals surface area contributed by atoms with Gasteiger partial charge in [0, 0.05) is 35.0 Å². The van der Waals surface area contributed by atoms with Gasteiger partial charge in [0.05, 0.1) is 0 Å². The second kappa shape index (κ2) is 7.34. The highest BCUT2D eigenvalue weighted by Gasteiger charge is 2.18. The zero-order valence-corrected chi connectivity index (χ0v) is 15.6. The van der Waals surface area contributed by atoms with Crippen molar-refractivity contribution in [2.24, 2.45) is 5.92 Å². The molecule has 1 aliphatic rings. The third kappa shape index (κ3) is 3.96. The molecule has 1 N–H and O–H groups in total. The fraction of sp³-hybridized carbons (Fsp3) is 0.368. The highest BCUT2D eigenvalue weighted by molar-refractivity contribution is 9.10. The van der Waals surface area contributed by atoms with Crippen LogP contribution < -0.4 is 10.2 Å². The van der Waals surface area contributed by atoms with Crippen LogP contribution in [0.3, 0.4) is 0 Å². The first-order valence-corrected chi connectivity index (χ1v) is 9.11. The zero-order chi connectivity index (χ0) is 17.1. The Morgan fingerprint density at radius 2 is 2.17 bits per heavy atom. The summed E-state index contributed by atoms with van der Waals surface area (Å²) in [6.45, 7) is 6.28. The van der Waals surface area contributed by atoms with Crippen LogP contribution in [0.4, 0.5) is 11.5 Å². The van der Waals surface area contributed by atoms with Crippen LogP contribution >= 0.6 is 15.9 Å². The average Bonchev–Trinajstić information content (AvgIpc) is 2.58. The summed E-state index contributed by atoms with van der Waals surface area (Å²) in [7, 11) is 0. The number of pyridine rings is 1. The molecule has 2 aromatic rings. The number of carbonyl (C=O) groups is 1. The lowest BCUT2D eigenvalue weighted by atomic mass is 10.0. The van der Waals surface area contributed by atoms with Crippen LogP contribution in [0.25, 0.3) is 0 Å². The van der Waals surface area contributed by atoms with Crippen molar-refractivity contribution in [1.82, 2.24) is 4.98 Å². The molecule has 1 amide bonds. The van der Waals surface area contributed by atoms with Crippen molar-refractivity contribution in [2.75, 3.05) is 23.3 Å². The standard InChI is InChI=1S/C19H22BrN3O/c1-13-4-3-9-23(12-13)18-11-15(7-8-21-18)19(24)22-16-5-6-17(20)14(2)10-16/h5-8,10-11,13H,3-4,9,12H2,1-2H3,(H,22,24). The number of nitrogens with zero attached hydrogens (tertiary/aromatic N) is 2. The lowest BCUT2D eigenvalue weighted by molar-refractivity contribution is 0.102. The third-order valence-corrected chi connectivity index (χ3v) is 5.29. The van der Waals surface area contributed by atoms with Gasteiger partial charge in [0.25, 0.3) is 5.91 Å². The van der Waals surface area contributed by atoms with Crippen molar-refractivity contribution in [2.45, 2.75) is 26.7 Å². The first kappa shape index (κ1) is 17.0. The highest BCUT2D eigenvalue weighted by Crippen LogP contribution is 2.23. The molecule has 1 aromatic carbocycles. The van der Waals surface area contributed by atoms with E-state index < -0.39 is 0 Å². The van der Waals surface area contributed by atoms with Crippen molar-refractivity contribution in [3.8, 4) is 0 Å². The Hall–Kier alpha value is -1.88. The predicted molar refractivity (Wildman–Crippen MR) is 102 cm³/mol. The van der Waals surface area contributed by atoms with Crippen LogP contribution in [0.5, 0.6) is 0 Å². The third-order valence-electron chi connectivity index (χ3n) is 4.40. The molecule has 1 unspecified atom stereocenters. The number of rotatable bonds is 3. The van der Waals surface area contributed by atoms with Gasteiger partial charge in [0.2, 0.25) is 0 Å². The smallest absolute Gasteiger partial charge is 0.255 e. The van der Waals surface area contributed by atoms with Crippen molar-refractivity contribution in [1.29, 1.82) is 0 Å². The molecule has 5 heteroatoms. The Kier molecular flexibility index (Phi) is 5.19. The number of halogens is 1. The summed E-state index contributed by atoms with van der Waals surface area (Å²) in [6, 6.07) is 9.44. The van der Waals surface area contributed by atoms with Gasteiger partial charge in [0.1, 0.15) is 5.82 Å². The maximum absolute atomic E-state index is 12.5. The summed E-state index contributed by atoms with van der Waals surface area (Å²) >= 11 is 3.47. The second-order valence-corrected chi connectivity index (χ2v) is 7.37. The summed E-state index contributed by atoms with van der Waals surface area (Å²) in [5.41, 5.74) is 2.52. The SMILES string of the molecule is Cc1cc(NC(=O)c2ccnc(N3CCCC(C)C3)c2)ccc1Br. The first-order chi connectivity index (χ1) is 11.5. The number of aromatic nitrogens is 1.